The Hall–Kier alpha value is -6.64. The van der Waals surface area contributed by atoms with Crippen molar-refractivity contribution in [1.29, 1.82) is 0 Å². The molecule has 1 spiro atoms. The van der Waals surface area contributed by atoms with Crippen molar-refractivity contribution in [2.24, 2.45) is 11.8 Å². The van der Waals surface area contributed by atoms with Crippen LogP contribution < -0.4 is 20.7 Å². The van der Waals surface area contributed by atoms with E-state index in [1.165, 1.54) is 25.3 Å². The Balaban J connectivity index is 1.21. The van der Waals surface area contributed by atoms with E-state index in [1.54, 1.807) is 0 Å². The first-order valence-corrected chi connectivity index (χ1v) is 19.2. The maximum atomic E-state index is 14.5. The number of oxazole rings is 2. The molecule has 0 saturated carbocycles. The predicted molar refractivity (Wildman–Crippen MR) is 209 cm³/mol. The minimum absolute atomic E-state index is 0.00694. The van der Waals surface area contributed by atoms with Gasteiger partial charge in [0.05, 0.1) is 7.11 Å². The number of nitrogens with zero attached hydrogens (tertiary/aromatic N) is 3. The van der Waals surface area contributed by atoms with Gasteiger partial charge in [-0.2, -0.15) is 0 Å². The number of benzene rings is 3. The molecule has 3 amide bonds. The minimum atomic E-state index is -1.14. The van der Waals surface area contributed by atoms with E-state index in [2.05, 4.69) is 20.9 Å². The number of anilines is 1. The van der Waals surface area contributed by atoms with Crippen LogP contribution in [0.1, 0.15) is 78.1 Å². The van der Waals surface area contributed by atoms with Crippen molar-refractivity contribution in [3.05, 3.63) is 119 Å². The van der Waals surface area contributed by atoms with Crippen LogP contribution in [0.15, 0.2) is 87.9 Å². The number of hydrogen-bond acceptors (Lipinski definition) is 12. The van der Waals surface area contributed by atoms with Crippen molar-refractivity contribution >= 4 is 29.6 Å². The van der Waals surface area contributed by atoms with Gasteiger partial charge in [-0.05, 0) is 40.7 Å². The zero-order valence-electron chi connectivity index (χ0n) is 32.9. The molecule has 3 unspecified atom stereocenters. The van der Waals surface area contributed by atoms with Crippen molar-refractivity contribution in [1.82, 2.24) is 25.5 Å². The molecule has 0 aliphatic carbocycles. The molecule has 15 heteroatoms. The van der Waals surface area contributed by atoms with Gasteiger partial charge in [-0.15, -0.1) is 0 Å². The second kappa shape index (κ2) is 15.0. The van der Waals surface area contributed by atoms with Crippen LogP contribution in [0.4, 0.5) is 10.5 Å². The van der Waals surface area contributed by atoms with Gasteiger partial charge in [-0.1, -0.05) is 88.4 Å². The molecule has 3 aromatic carbocycles. The lowest BCUT2D eigenvalue weighted by atomic mass is 9.72. The molecule has 5 aromatic rings. The highest BCUT2D eigenvalue weighted by Gasteiger charge is 2.61. The number of carbonyl (C=O) groups is 4. The fourth-order valence-corrected chi connectivity index (χ4v) is 8.15. The number of hydrogen-bond donors (Lipinski definition) is 3. The van der Waals surface area contributed by atoms with Gasteiger partial charge in [0.2, 0.25) is 23.6 Å². The van der Waals surface area contributed by atoms with E-state index in [0.29, 0.717) is 11.5 Å². The summed E-state index contributed by atoms with van der Waals surface area (Å²) in [5.41, 5.74) is 2.91. The first-order chi connectivity index (χ1) is 27.9. The summed E-state index contributed by atoms with van der Waals surface area (Å²) in [6, 6.07) is 19.8. The van der Waals surface area contributed by atoms with Gasteiger partial charge in [-0.25, -0.2) is 19.6 Å². The average molecular weight is 789 g/mol. The number of nitrogens with one attached hydrogen (secondary N) is 3. The number of esters is 1. The van der Waals surface area contributed by atoms with Crippen LogP contribution in [0.3, 0.4) is 0 Å². The first kappa shape index (κ1) is 38.2. The van der Waals surface area contributed by atoms with Crippen LogP contribution in [0.5, 0.6) is 5.75 Å². The van der Waals surface area contributed by atoms with E-state index in [1.807, 2.05) is 100 Å². The molecule has 58 heavy (non-hydrogen) atoms. The molecule has 3 aliphatic rings. The molecule has 3 N–H and O–H groups in total. The number of para-hydroxylation sites is 1. The Labute approximate surface area is 334 Å². The predicted octanol–water partition coefficient (Wildman–Crippen LogP) is 5.74. The molecular weight excluding hydrogens is 745 g/mol. The topological polar surface area (TPSA) is 187 Å². The molecule has 2 aromatic heterocycles. The third-order valence-electron chi connectivity index (χ3n) is 11.0. The number of methoxy groups -OCH3 is 1. The molecule has 5 heterocycles. The van der Waals surface area contributed by atoms with Crippen molar-refractivity contribution in [2.75, 3.05) is 19.5 Å². The number of carbonyl (C=O) groups excluding carboxylic acids is 4. The van der Waals surface area contributed by atoms with Crippen molar-refractivity contribution in [3.63, 3.8) is 0 Å². The highest BCUT2D eigenvalue weighted by molar-refractivity contribution is 5.92. The Morgan fingerprint density at radius 2 is 1.74 bits per heavy atom. The summed E-state index contributed by atoms with van der Waals surface area (Å²) >= 11 is 0. The van der Waals surface area contributed by atoms with Crippen LogP contribution >= 0.6 is 0 Å². The smallest absolute Gasteiger partial charge is 0.410 e. The minimum Gasteiger partial charge on any atom is -0.469 e. The first-order valence-electron chi connectivity index (χ1n) is 19.2. The summed E-state index contributed by atoms with van der Waals surface area (Å²) in [6.45, 7) is 7.50. The van der Waals surface area contributed by atoms with Crippen molar-refractivity contribution in [2.45, 2.75) is 70.5 Å². The fraction of sp³-hybridized carbons (Fsp3) is 0.349. The molecule has 0 fully saturated rings. The van der Waals surface area contributed by atoms with Crippen LogP contribution in [-0.2, 0) is 37.5 Å². The van der Waals surface area contributed by atoms with Gasteiger partial charge < -0.3 is 39.0 Å². The largest absolute Gasteiger partial charge is 0.469 e. The van der Waals surface area contributed by atoms with Gasteiger partial charge in [0.1, 0.15) is 42.2 Å². The Bertz CT molecular complexity index is 2390. The summed E-state index contributed by atoms with van der Waals surface area (Å²) in [5, 5.41) is 9.59. The maximum absolute atomic E-state index is 14.5. The SMILES string of the molecule is COC(=O)c1coc(-c2nc3oc2C24c5ccccc5NC2Oc2ccc(cc24)C[C@H](NC(=O)C(C(C)C)N(C)C(=O)OCc2ccccc2)C(=O)N[C@H]3C(C)C)n1. The van der Waals surface area contributed by atoms with E-state index in [9.17, 15) is 19.2 Å². The fourth-order valence-electron chi connectivity index (χ4n) is 8.15. The van der Waals surface area contributed by atoms with E-state index >= 15 is 0 Å². The lowest BCUT2D eigenvalue weighted by molar-refractivity contribution is -0.133. The maximum Gasteiger partial charge on any atom is 0.410 e. The van der Waals surface area contributed by atoms with Gasteiger partial charge in [-0.3, -0.25) is 14.5 Å². The van der Waals surface area contributed by atoms with Gasteiger partial charge in [0.25, 0.3) is 0 Å². The van der Waals surface area contributed by atoms with E-state index in [-0.39, 0.29) is 48.0 Å². The lowest BCUT2D eigenvalue weighted by Gasteiger charge is -2.32. The van der Waals surface area contributed by atoms with Gasteiger partial charge in [0.15, 0.2) is 23.4 Å². The van der Waals surface area contributed by atoms with Gasteiger partial charge in [0, 0.05) is 24.7 Å². The number of ether oxygens (including phenoxy) is 3. The van der Waals surface area contributed by atoms with Crippen LogP contribution in [-0.4, -0.2) is 71.2 Å². The number of amides is 3. The summed E-state index contributed by atoms with van der Waals surface area (Å²) in [6.07, 6.45) is -0.0791. The number of aromatic nitrogens is 2. The zero-order chi connectivity index (χ0) is 40.9. The quantitative estimate of drug-likeness (QED) is 0.154. The van der Waals surface area contributed by atoms with Crippen molar-refractivity contribution in [3.8, 4) is 17.3 Å². The second-order valence-electron chi connectivity index (χ2n) is 15.4. The standard InChI is InChI=1S/C43H44N6O9/c1-22(2)32-39-48-33(38-45-30(21-55-38)40(52)54-6)35(58-39)43-26-14-10-11-15-28(26)46-41(43)57-31-17-16-25(18-27(31)43)19-29(36(50)47-32)44-37(51)34(23(3)4)49(5)42(53)56-20-24-12-8-7-9-13-24/h7-18,21-23,29,32,34,41,46H,19-20H2,1-6H3,(H,44,51)(H,47,50)/t29-,32-,34?,41?,43?/m0/s1. The third-order valence-corrected chi connectivity index (χ3v) is 11.0. The summed E-state index contributed by atoms with van der Waals surface area (Å²) in [7, 11) is 2.76. The monoisotopic (exact) mass is 788 g/mol. The third kappa shape index (κ3) is 6.49. The summed E-state index contributed by atoms with van der Waals surface area (Å²) < 4.78 is 29.8. The van der Waals surface area contributed by atoms with E-state index < -0.39 is 53.6 Å². The van der Waals surface area contributed by atoms with Gasteiger partial charge >= 0.3 is 12.1 Å². The summed E-state index contributed by atoms with van der Waals surface area (Å²) in [4.78, 5) is 65.2. The molecule has 300 valence electrons. The molecular formula is C43H44N6O9. The molecule has 8 rings (SSSR count). The highest BCUT2D eigenvalue weighted by Crippen LogP contribution is 2.59. The van der Waals surface area contributed by atoms with E-state index in [4.69, 9.17) is 28.0 Å². The number of fused-ring (bicyclic) bond motifs is 4. The molecule has 0 saturated heterocycles. The van der Waals surface area contributed by atoms with Crippen LogP contribution in [0, 0.1) is 11.8 Å². The Morgan fingerprint density at radius 1 is 0.983 bits per heavy atom. The molecule has 3 aliphatic heterocycles. The average Bonchev–Trinajstić information content (AvgIpc) is 4.00. The van der Waals surface area contributed by atoms with Crippen molar-refractivity contribution < 1.29 is 42.2 Å². The molecule has 4 bridgehead atoms. The number of likely N-dealkylation sites (N-methyl/N-ethyl adjacent to an activating group) is 1. The Kier molecular flexibility index (Phi) is 9.91. The Morgan fingerprint density at radius 3 is 2.48 bits per heavy atom. The highest BCUT2D eigenvalue weighted by atomic mass is 16.6. The van der Waals surface area contributed by atoms with Crippen LogP contribution in [0.25, 0.3) is 11.6 Å². The normalized spacial score (nSPS) is 20.7. The molecule has 5 atom stereocenters. The second-order valence-corrected chi connectivity index (χ2v) is 15.4. The van der Waals surface area contributed by atoms with Crippen LogP contribution in [0.2, 0.25) is 0 Å². The van der Waals surface area contributed by atoms with E-state index in [0.717, 1.165) is 27.9 Å². The molecule has 0 radical (unpaired) electrons. The summed E-state index contributed by atoms with van der Waals surface area (Å²) in [5.74, 6) is -1.24. The lowest BCUT2D eigenvalue weighted by Crippen LogP contribution is -2.56. The molecule has 15 nitrogen and oxygen atoms in total. The zero-order valence-corrected chi connectivity index (χ0v) is 32.9. The number of rotatable bonds is 9.